The summed E-state index contributed by atoms with van der Waals surface area (Å²) in [4.78, 5) is 28.2. The van der Waals surface area contributed by atoms with Crippen LogP contribution < -0.4 is 4.90 Å². The normalized spacial score (nSPS) is 30.0. The van der Waals surface area contributed by atoms with Crippen LogP contribution >= 0.6 is 0 Å². The number of allylic oxidation sites excluding steroid dienone is 4. The summed E-state index contributed by atoms with van der Waals surface area (Å²) in [6.07, 6.45) is 4.29. The predicted octanol–water partition coefficient (Wildman–Crippen LogP) is 4.38. The highest BCUT2D eigenvalue weighted by Crippen LogP contribution is 2.57. The highest BCUT2D eigenvalue weighted by atomic mass is 16.2. The van der Waals surface area contributed by atoms with Crippen LogP contribution in [-0.4, -0.2) is 11.8 Å². The molecule has 3 nitrogen and oxygen atoms in total. The summed E-state index contributed by atoms with van der Waals surface area (Å²) in [6, 6.07) is 6.03. The molecule has 25 heavy (non-hydrogen) atoms. The number of anilines is 1. The number of nitrogens with zero attached hydrogens (tertiary/aromatic N) is 1. The Bertz CT molecular complexity index is 808. The zero-order valence-electron chi connectivity index (χ0n) is 15.5. The number of imide groups is 1. The number of aryl methyl sites for hydroxylation is 1. The first-order valence-corrected chi connectivity index (χ1v) is 9.17. The fraction of sp³-hybridized carbons (Fsp3) is 0.455. The lowest BCUT2D eigenvalue weighted by Gasteiger charge is -2.25. The van der Waals surface area contributed by atoms with Crippen molar-refractivity contribution in [3.05, 3.63) is 52.6 Å². The van der Waals surface area contributed by atoms with Crippen molar-refractivity contribution in [2.24, 2.45) is 23.7 Å². The van der Waals surface area contributed by atoms with Crippen molar-refractivity contribution in [1.82, 2.24) is 0 Å². The summed E-state index contributed by atoms with van der Waals surface area (Å²) >= 11 is 0. The highest BCUT2D eigenvalue weighted by Gasteiger charge is 2.62. The third-order valence-corrected chi connectivity index (χ3v) is 6.11. The van der Waals surface area contributed by atoms with Gasteiger partial charge in [-0.15, -0.1) is 0 Å². The van der Waals surface area contributed by atoms with E-state index in [4.69, 9.17) is 0 Å². The van der Waals surface area contributed by atoms with Gasteiger partial charge in [-0.2, -0.15) is 0 Å². The van der Waals surface area contributed by atoms with Crippen LogP contribution in [0.4, 0.5) is 5.69 Å². The number of para-hydroxylation sites is 1. The molecule has 2 bridgehead atoms. The van der Waals surface area contributed by atoms with Crippen LogP contribution in [0.25, 0.3) is 0 Å². The summed E-state index contributed by atoms with van der Waals surface area (Å²) in [5, 5.41) is 0. The number of carbonyl (C=O) groups excluding carboxylic acids is 2. The van der Waals surface area contributed by atoms with Gasteiger partial charge >= 0.3 is 0 Å². The lowest BCUT2D eigenvalue weighted by Crippen LogP contribution is -2.34. The van der Waals surface area contributed by atoms with Gasteiger partial charge in [0.2, 0.25) is 11.8 Å². The maximum Gasteiger partial charge on any atom is 0.238 e. The van der Waals surface area contributed by atoms with Gasteiger partial charge in [0.05, 0.1) is 17.5 Å². The number of carbonyl (C=O) groups is 2. The number of hydrogen-bond acceptors (Lipinski definition) is 2. The minimum atomic E-state index is -0.216. The van der Waals surface area contributed by atoms with E-state index in [2.05, 4.69) is 39.8 Å². The van der Waals surface area contributed by atoms with Gasteiger partial charge in [0.25, 0.3) is 0 Å². The van der Waals surface area contributed by atoms with Gasteiger partial charge in [0, 0.05) is 11.8 Å². The number of rotatable bonds is 2. The largest absolute Gasteiger partial charge is 0.274 e. The summed E-state index contributed by atoms with van der Waals surface area (Å²) in [5.41, 5.74) is 5.44. The molecule has 0 radical (unpaired) electrons. The number of fused-ring (bicyclic) bond motifs is 5. The van der Waals surface area contributed by atoms with Gasteiger partial charge < -0.3 is 0 Å². The Morgan fingerprint density at radius 1 is 1.00 bits per heavy atom. The zero-order chi connectivity index (χ0) is 18.0. The Morgan fingerprint density at radius 3 is 2.04 bits per heavy atom. The summed E-state index contributed by atoms with van der Waals surface area (Å²) in [5.74, 6) is 0.0164. The molecular weight excluding hydrogens is 310 g/mol. The first-order chi connectivity index (χ1) is 11.8. The van der Waals surface area contributed by atoms with Gasteiger partial charge in [-0.3, -0.25) is 9.59 Å². The average molecular weight is 335 g/mol. The Balaban J connectivity index is 1.83. The van der Waals surface area contributed by atoms with Crippen molar-refractivity contribution in [2.75, 3.05) is 4.90 Å². The maximum atomic E-state index is 13.3. The number of amides is 2. The topological polar surface area (TPSA) is 37.4 Å². The molecule has 1 saturated heterocycles. The van der Waals surface area contributed by atoms with E-state index in [1.807, 2.05) is 25.1 Å². The molecule has 1 aliphatic heterocycles. The van der Waals surface area contributed by atoms with Gasteiger partial charge in [-0.05, 0) is 37.8 Å². The van der Waals surface area contributed by atoms with E-state index in [0.717, 1.165) is 16.8 Å². The highest BCUT2D eigenvalue weighted by molar-refractivity contribution is 6.24. The Hall–Kier alpha value is -2.16. The molecule has 3 aliphatic rings. The van der Waals surface area contributed by atoms with E-state index in [0.29, 0.717) is 0 Å². The second-order valence-electron chi connectivity index (χ2n) is 8.12. The van der Waals surface area contributed by atoms with Crippen molar-refractivity contribution in [3.8, 4) is 0 Å². The van der Waals surface area contributed by atoms with E-state index in [9.17, 15) is 9.59 Å². The van der Waals surface area contributed by atoms with Crippen LogP contribution in [0.1, 0.15) is 44.7 Å². The number of benzene rings is 1. The second-order valence-corrected chi connectivity index (χ2v) is 8.12. The monoisotopic (exact) mass is 335 g/mol. The molecule has 0 unspecified atom stereocenters. The smallest absolute Gasteiger partial charge is 0.238 e. The van der Waals surface area contributed by atoms with Gasteiger partial charge in [-0.1, -0.05) is 55.3 Å². The minimum Gasteiger partial charge on any atom is -0.274 e. The lowest BCUT2D eigenvalue weighted by atomic mass is 9.85. The van der Waals surface area contributed by atoms with Gasteiger partial charge in [-0.25, -0.2) is 4.90 Å². The van der Waals surface area contributed by atoms with Crippen molar-refractivity contribution in [3.63, 3.8) is 0 Å². The minimum absolute atomic E-state index is 0.0122. The maximum absolute atomic E-state index is 13.3. The summed E-state index contributed by atoms with van der Waals surface area (Å²) < 4.78 is 0. The molecule has 0 aromatic heterocycles. The van der Waals surface area contributed by atoms with Crippen LogP contribution in [-0.2, 0) is 9.59 Å². The van der Waals surface area contributed by atoms with Crippen LogP contribution in [0.5, 0.6) is 0 Å². The quantitative estimate of drug-likeness (QED) is 0.594. The van der Waals surface area contributed by atoms with Crippen molar-refractivity contribution >= 4 is 17.5 Å². The molecule has 1 aromatic rings. The van der Waals surface area contributed by atoms with Crippen LogP contribution in [0.2, 0.25) is 0 Å². The molecule has 2 fully saturated rings. The van der Waals surface area contributed by atoms with Crippen molar-refractivity contribution < 1.29 is 9.59 Å². The molecule has 1 aromatic carbocycles. The van der Waals surface area contributed by atoms with Crippen molar-refractivity contribution in [1.29, 1.82) is 0 Å². The standard InChI is InChI=1S/C22H25NO2/c1-11(2)14-8-6-7-13(5)20(14)23-21(24)18-15-9-10-16(17(15)12(3)4)19(18)22(23)25/h6-11,15-16,18-19H,1-5H3/t15-,16-,18-,19-/m1/s1. The molecule has 0 N–H and O–H groups in total. The van der Waals surface area contributed by atoms with E-state index >= 15 is 0 Å². The van der Waals surface area contributed by atoms with Gasteiger partial charge in [0.1, 0.15) is 0 Å². The van der Waals surface area contributed by atoms with Crippen molar-refractivity contribution in [2.45, 2.75) is 40.5 Å². The summed E-state index contributed by atoms with van der Waals surface area (Å²) in [6.45, 7) is 10.4. The molecule has 4 atom stereocenters. The lowest BCUT2D eigenvalue weighted by molar-refractivity contribution is -0.123. The fourth-order valence-electron chi connectivity index (χ4n) is 5.10. The first kappa shape index (κ1) is 16.3. The van der Waals surface area contributed by atoms with E-state index in [1.54, 1.807) is 0 Å². The second kappa shape index (κ2) is 5.42. The molecule has 130 valence electrons. The number of hydrogen-bond donors (Lipinski definition) is 0. The third kappa shape index (κ3) is 2.04. The molecule has 2 aliphatic carbocycles. The van der Waals surface area contributed by atoms with E-state index < -0.39 is 0 Å². The third-order valence-electron chi connectivity index (χ3n) is 6.11. The van der Waals surface area contributed by atoms with Gasteiger partial charge in [0.15, 0.2) is 0 Å². The predicted molar refractivity (Wildman–Crippen MR) is 99.2 cm³/mol. The Kier molecular flexibility index (Phi) is 3.54. The molecule has 1 heterocycles. The van der Waals surface area contributed by atoms with Crippen LogP contribution in [0.3, 0.4) is 0 Å². The van der Waals surface area contributed by atoms with Crippen LogP contribution in [0.15, 0.2) is 41.5 Å². The Morgan fingerprint density at radius 2 is 1.56 bits per heavy atom. The molecule has 4 rings (SSSR count). The molecule has 2 amide bonds. The molecule has 1 saturated carbocycles. The first-order valence-electron chi connectivity index (χ1n) is 9.17. The Labute approximate surface area is 149 Å². The molecule has 3 heteroatoms. The van der Waals surface area contributed by atoms with E-state index in [-0.39, 0.29) is 41.4 Å². The van der Waals surface area contributed by atoms with E-state index in [1.165, 1.54) is 16.0 Å². The fourth-order valence-corrected chi connectivity index (χ4v) is 5.10. The molecular formula is C22H25NO2. The average Bonchev–Trinajstić information content (AvgIpc) is 3.18. The molecule has 0 spiro atoms. The summed E-state index contributed by atoms with van der Waals surface area (Å²) in [7, 11) is 0. The SMILES string of the molecule is CC(C)=C1[C@H]2C=C[C@H]1[C@H]1C(=O)N(c3c(C)cccc3C(C)C)C(=O)[C@@H]12. The zero-order valence-corrected chi connectivity index (χ0v) is 15.5. The van der Waals surface area contributed by atoms with Crippen LogP contribution in [0, 0.1) is 30.6 Å².